The quantitative estimate of drug-likeness (QED) is 0.607. The van der Waals surface area contributed by atoms with Gasteiger partial charge in [-0.3, -0.25) is 4.90 Å². The first-order valence-corrected chi connectivity index (χ1v) is 6.29. The minimum Gasteiger partial charge on any atom is -0.389 e. The maximum atomic E-state index is 13.4. The van der Waals surface area contributed by atoms with Crippen molar-refractivity contribution in [2.45, 2.75) is 13.5 Å². The number of nitrogens with two attached hydrogens (primary N) is 1. The van der Waals surface area contributed by atoms with Gasteiger partial charge >= 0.3 is 0 Å². The van der Waals surface area contributed by atoms with Gasteiger partial charge in [-0.1, -0.05) is 12.2 Å². The topological polar surface area (TPSA) is 38.5 Å². The molecule has 0 aromatic heterocycles. The molecule has 0 spiro atoms. The van der Waals surface area contributed by atoms with Crippen molar-refractivity contribution in [3.05, 3.63) is 35.1 Å². The summed E-state index contributed by atoms with van der Waals surface area (Å²) in [5.41, 5.74) is 6.94. The predicted molar refractivity (Wildman–Crippen MR) is 75.1 cm³/mol. The van der Waals surface area contributed by atoms with Crippen molar-refractivity contribution in [3.63, 3.8) is 0 Å². The van der Waals surface area contributed by atoms with Gasteiger partial charge in [-0.25, -0.2) is 4.39 Å². The van der Waals surface area contributed by atoms with Crippen LogP contribution in [0.25, 0.3) is 0 Å². The van der Waals surface area contributed by atoms with Crippen LogP contribution in [-0.4, -0.2) is 36.7 Å². The highest BCUT2D eigenvalue weighted by Gasteiger charge is 2.05. The van der Waals surface area contributed by atoms with E-state index in [1.165, 1.54) is 12.1 Å². The average molecular weight is 270 g/mol. The number of hydrogen-bond donors (Lipinski definition) is 1. The molecule has 1 aromatic carbocycles. The Hall–Kier alpha value is -1.04. The monoisotopic (exact) mass is 270 g/mol. The van der Waals surface area contributed by atoms with Gasteiger partial charge in [-0.2, -0.15) is 0 Å². The fourth-order valence-corrected chi connectivity index (χ4v) is 1.76. The molecule has 0 aliphatic rings. The zero-order valence-corrected chi connectivity index (χ0v) is 11.6. The molecule has 0 saturated carbocycles. The molecule has 3 nitrogen and oxygen atoms in total. The lowest BCUT2D eigenvalue weighted by molar-refractivity contribution is 0.120. The first kappa shape index (κ1) is 15.0. The van der Waals surface area contributed by atoms with E-state index in [2.05, 4.69) is 4.90 Å². The van der Waals surface area contributed by atoms with Crippen molar-refractivity contribution in [1.29, 1.82) is 0 Å². The second-order valence-electron chi connectivity index (χ2n) is 4.15. The lowest BCUT2D eigenvalue weighted by Gasteiger charge is -2.17. The molecular weight excluding hydrogens is 251 g/mol. The van der Waals surface area contributed by atoms with Crippen LogP contribution in [0.1, 0.15) is 18.1 Å². The lowest BCUT2D eigenvalue weighted by Crippen LogP contribution is -2.23. The van der Waals surface area contributed by atoms with Crippen molar-refractivity contribution in [1.82, 2.24) is 4.90 Å². The van der Waals surface area contributed by atoms with Crippen LogP contribution in [0.3, 0.4) is 0 Å². The van der Waals surface area contributed by atoms with Crippen LogP contribution in [0.5, 0.6) is 0 Å². The number of thiocarbonyl (C=S) groups is 1. The summed E-state index contributed by atoms with van der Waals surface area (Å²) in [5, 5.41) is 0. The van der Waals surface area contributed by atoms with Gasteiger partial charge in [0.15, 0.2) is 0 Å². The normalized spacial score (nSPS) is 10.9. The molecule has 0 radical (unpaired) electrons. The largest absolute Gasteiger partial charge is 0.389 e. The van der Waals surface area contributed by atoms with Crippen molar-refractivity contribution < 1.29 is 9.13 Å². The van der Waals surface area contributed by atoms with E-state index >= 15 is 0 Å². The molecule has 0 saturated heterocycles. The van der Waals surface area contributed by atoms with E-state index in [4.69, 9.17) is 22.7 Å². The summed E-state index contributed by atoms with van der Waals surface area (Å²) in [6.07, 6.45) is 0. The van der Waals surface area contributed by atoms with Gasteiger partial charge in [0.1, 0.15) is 10.8 Å². The number of rotatable bonds is 7. The highest BCUT2D eigenvalue weighted by Crippen LogP contribution is 2.11. The van der Waals surface area contributed by atoms with E-state index in [9.17, 15) is 4.39 Å². The van der Waals surface area contributed by atoms with Gasteiger partial charge in [0.2, 0.25) is 0 Å². The maximum absolute atomic E-state index is 13.4. The summed E-state index contributed by atoms with van der Waals surface area (Å²) < 4.78 is 18.7. The Morgan fingerprint density at radius 1 is 1.44 bits per heavy atom. The van der Waals surface area contributed by atoms with E-state index in [0.29, 0.717) is 25.3 Å². The van der Waals surface area contributed by atoms with Crippen molar-refractivity contribution in [2.24, 2.45) is 5.73 Å². The highest BCUT2D eigenvalue weighted by atomic mass is 32.1. The third-order valence-electron chi connectivity index (χ3n) is 2.52. The molecule has 0 bridgehead atoms. The second-order valence-corrected chi connectivity index (χ2v) is 4.59. The molecule has 100 valence electrons. The summed E-state index contributed by atoms with van der Waals surface area (Å²) in [6, 6.07) is 4.67. The van der Waals surface area contributed by atoms with Crippen molar-refractivity contribution in [2.75, 3.05) is 26.8 Å². The number of hydrogen-bond acceptors (Lipinski definition) is 3. The third-order valence-corrected chi connectivity index (χ3v) is 2.75. The zero-order chi connectivity index (χ0) is 13.5. The Morgan fingerprint density at radius 2 is 2.17 bits per heavy atom. The van der Waals surface area contributed by atoms with E-state index in [1.54, 1.807) is 0 Å². The van der Waals surface area contributed by atoms with Crippen molar-refractivity contribution >= 4 is 17.2 Å². The fourth-order valence-electron chi connectivity index (χ4n) is 1.64. The zero-order valence-electron chi connectivity index (χ0n) is 10.8. The molecule has 0 amide bonds. The number of likely N-dealkylation sites (N-methyl/N-ethyl adjacent to an activating group) is 1. The Labute approximate surface area is 113 Å². The van der Waals surface area contributed by atoms with Crippen molar-refractivity contribution in [3.8, 4) is 0 Å². The highest BCUT2D eigenvalue weighted by molar-refractivity contribution is 7.80. The molecule has 2 N–H and O–H groups in total. The summed E-state index contributed by atoms with van der Waals surface area (Å²) in [4.78, 5) is 2.28. The smallest absolute Gasteiger partial charge is 0.124 e. The number of ether oxygens (including phenoxy) is 1. The summed E-state index contributed by atoms with van der Waals surface area (Å²) in [6.45, 7) is 4.78. The third kappa shape index (κ3) is 5.08. The fraction of sp³-hybridized carbons (Fsp3) is 0.462. The number of benzene rings is 1. The maximum Gasteiger partial charge on any atom is 0.124 e. The van der Waals surface area contributed by atoms with Crippen LogP contribution in [0.2, 0.25) is 0 Å². The Balaban J connectivity index is 2.63. The summed E-state index contributed by atoms with van der Waals surface area (Å²) in [7, 11) is 1.96. The molecule has 1 aromatic rings. The molecule has 1 rings (SSSR count). The van der Waals surface area contributed by atoms with Crippen LogP contribution in [0, 0.1) is 5.82 Å². The summed E-state index contributed by atoms with van der Waals surface area (Å²) in [5.74, 6) is -0.312. The molecule has 0 aliphatic carbocycles. The second kappa shape index (κ2) is 7.41. The summed E-state index contributed by atoms with van der Waals surface area (Å²) >= 11 is 4.86. The minimum atomic E-state index is -0.312. The van der Waals surface area contributed by atoms with Gasteiger partial charge in [-0.15, -0.1) is 0 Å². The number of halogens is 1. The predicted octanol–water partition coefficient (Wildman–Crippen LogP) is 1.93. The Bertz CT molecular complexity index is 412. The van der Waals surface area contributed by atoms with Gasteiger partial charge in [0.05, 0.1) is 6.61 Å². The first-order chi connectivity index (χ1) is 8.52. The van der Waals surface area contributed by atoms with Gasteiger partial charge in [-0.05, 0) is 37.7 Å². The molecule has 0 fully saturated rings. The van der Waals surface area contributed by atoms with Crippen LogP contribution in [0.15, 0.2) is 18.2 Å². The molecular formula is C13H19FN2OS. The first-order valence-electron chi connectivity index (χ1n) is 5.88. The van der Waals surface area contributed by atoms with Gasteiger partial charge in [0, 0.05) is 25.3 Å². The molecule has 5 heteroatoms. The lowest BCUT2D eigenvalue weighted by atomic mass is 10.1. The minimum absolute atomic E-state index is 0.215. The number of nitrogens with zero attached hydrogens (tertiary/aromatic N) is 1. The molecule has 0 atom stereocenters. The van der Waals surface area contributed by atoms with E-state index < -0.39 is 0 Å². The van der Waals surface area contributed by atoms with Crippen LogP contribution in [0.4, 0.5) is 4.39 Å². The van der Waals surface area contributed by atoms with Crippen LogP contribution >= 0.6 is 12.2 Å². The van der Waals surface area contributed by atoms with Gasteiger partial charge < -0.3 is 10.5 Å². The Kier molecular flexibility index (Phi) is 6.18. The van der Waals surface area contributed by atoms with E-state index in [-0.39, 0.29) is 10.8 Å². The molecule has 0 heterocycles. The average Bonchev–Trinajstić information content (AvgIpc) is 2.28. The molecule has 18 heavy (non-hydrogen) atoms. The van der Waals surface area contributed by atoms with Crippen LogP contribution in [-0.2, 0) is 11.3 Å². The Morgan fingerprint density at radius 3 is 2.78 bits per heavy atom. The standard InChI is InChI=1S/C13H19FN2OS/c1-3-17-5-4-16(2)9-10-6-11(13(15)18)8-12(14)7-10/h6-8H,3-5,9H2,1-2H3,(H2,15,18). The molecule has 0 unspecified atom stereocenters. The van der Waals surface area contributed by atoms with Crippen LogP contribution < -0.4 is 5.73 Å². The van der Waals surface area contributed by atoms with E-state index in [1.807, 2.05) is 20.0 Å². The SMILES string of the molecule is CCOCCN(C)Cc1cc(F)cc(C(N)=S)c1. The molecule has 0 aliphatic heterocycles. The van der Waals surface area contributed by atoms with E-state index in [0.717, 1.165) is 12.1 Å². The van der Waals surface area contributed by atoms with Gasteiger partial charge in [0.25, 0.3) is 0 Å².